The maximum Gasteiger partial charge on any atom is 0.322 e. The topological polar surface area (TPSA) is 97.6 Å². The third-order valence-electron chi connectivity index (χ3n) is 4.98. The summed E-state index contributed by atoms with van der Waals surface area (Å²) >= 11 is 6.19. The molecule has 1 saturated heterocycles. The molecule has 31 heavy (non-hydrogen) atoms. The molecule has 0 atom stereocenters. The lowest BCUT2D eigenvalue weighted by Gasteiger charge is -2.35. The average molecular weight is 444 g/mol. The van der Waals surface area contributed by atoms with Crippen LogP contribution in [0.1, 0.15) is 0 Å². The van der Waals surface area contributed by atoms with Crippen LogP contribution in [0.15, 0.2) is 42.7 Å². The summed E-state index contributed by atoms with van der Waals surface area (Å²) in [6.07, 6.45) is 3.50. The van der Waals surface area contributed by atoms with Crippen molar-refractivity contribution in [3.63, 3.8) is 0 Å². The first kappa shape index (κ1) is 20.7. The molecule has 1 fully saturated rings. The van der Waals surface area contributed by atoms with Crippen LogP contribution in [0.4, 0.5) is 16.3 Å². The van der Waals surface area contributed by atoms with Crippen LogP contribution in [0.25, 0.3) is 5.82 Å². The summed E-state index contributed by atoms with van der Waals surface area (Å²) in [6, 6.07) is 8.64. The number of aromatic nitrogens is 4. The Kier molecular flexibility index (Phi) is 6.08. The molecule has 0 saturated carbocycles. The molecule has 0 spiro atoms. The number of ether oxygens (including phenoxy) is 2. The van der Waals surface area contributed by atoms with Gasteiger partial charge in [0.1, 0.15) is 11.5 Å². The molecule has 2 aromatic heterocycles. The number of carbonyl (C=O) groups excluding carboxylic acids is 1. The molecule has 11 heteroatoms. The quantitative estimate of drug-likeness (QED) is 0.647. The Labute approximate surface area is 184 Å². The summed E-state index contributed by atoms with van der Waals surface area (Å²) in [6.45, 7) is 2.37. The summed E-state index contributed by atoms with van der Waals surface area (Å²) in [5, 5.41) is 15.9. The number of nitrogens with one attached hydrogen (secondary N) is 1. The third-order valence-corrected chi connectivity index (χ3v) is 5.28. The zero-order valence-corrected chi connectivity index (χ0v) is 17.9. The monoisotopic (exact) mass is 443 g/mol. The van der Waals surface area contributed by atoms with Gasteiger partial charge in [-0.25, -0.2) is 9.48 Å². The number of rotatable bonds is 5. The van der Waals surface area contributed by atoms with Gasteiger partial charge in [0.15, 0.2) is 11.6 Å². The van der Waals surface area contributed by atoms with Gasteiger partial charge in [-0.3, -0.25) is 0 Å². The minimum absolute atomic E-state index is 0.223. The van der Waals surface area contributed by atoms with Gasteiger partial charge in [-0.05, 0) is 24.3 Å². The number of amides is 2. The number of piperazine rings is 1. The summed E-state index contributed by atoms with van der Waals surface area (Å²) in [5.74, 6) is 2.36. The van der Waals surface area contributed by atoms with Crippen molar-refractivity contribution in [1.29, 1.82) is 0 Å². The van der Waals surface area contributed by atoms with E-state index >= 15 is 0 Å². The first-order valence-electron chi connectivity index (χ1n) is 9.65. The number of nitrogens with zero attached hydrogens (tertiary/aromatic N) is 6. The minimum atomic E-state index is -0.223. The summed E-state index contributed by atoms with van der Waals surface area (Å²) in [4.78, 5) is 16.6. The van der Waals surface area contributed by atoms with E-state index in [1.807, 2.05) is 24.4 Å². The highest BCUT2D eigenvalue weighted by Crippen LogP contribution is 2.36. The average Bonchev–Trinajstić information content (AvgIpc) is 3.34. The van der Waals surface area contributed by atoms with Gasteiger partial charge < -0.3 is 24.6 Å². The van der Waals surface area contributed by atoms with Crippen LogP contribution in [0.5, 0.6) is 11.5 Å². The molecule has 0 aliphatic carbocycles. The lowest BCUT2D eigenvalue weighted by Crippen LogP contribution is -2.50. The Morgan fingerprint density at radius 2 is 1.74 bits per heavy atom. The first-order valence-corrected chi connectivity index (χ1v) is 10.0. The molecule has 4 rings (SSSR count). The highest BCUT2D eigenvalue weighted by Gasteiger charge is 2.23. The van der Waals surface area contributed by atoms with Gasteiger partial charge in [-0.15, -0.1) is 10.2 Å². The largest absolute Gasteiger partial charge is 0.495 e. The van der Waals surface area contributed by atoms with Crippen LogP contribution >= 0.6 is 11.6 Å². The van der Waals surface area contributed by atoms with E-state index in [1.165, 1.54) is 14.2 Å². The molecule has 3 heterocycles. The van der Waals surface area contributed by atoms with Crippen LogP contribution in [0.3, 0.4) is 0 Å². The summed E-state index contributed by atoms with van der Waals surface area (Å²) < 4.78 is 12.2. The molecule has 0 radical (unpaired) electrons. The van der Waals surface area contributed by atoms with E-state index in [4.69, 9.17) is 21.1 Å². The van der Waals surface area contributed by atoms with E-state index in [9.17, 15) is 4.79 Å². The van der Waals surface area contributed by atoms with Crippen LogP contribution in [-0.4, -0.2) is 71.3 Å². The van der Waals surface area contributed by atoms with Gasteiger partial charge in [-0.1, -0.05) is 11.6 Å². The fourth-order valence-corrected chi connectivity index (χ4v) is 3.54. The van der Waals surface area contributed by atoms with Crippen molar-refractivity contribution in [3.8, 4) is 17.3 Å². The predicted octanol–water partition coefficient (Wildman–Crippen LogP) is 2.69. The van der Waals surface area contributed by atoms with Crippen molar-refractivity contribution in [1.82, 2.24) is 24.9 Å². The molecular weight excluding hydrogens is 422 g/mol. The Balaban J connectivity index is 1.36. The normalized spacial score (nSPS) is 13.8. The van der Waals surface area contributed by atoms with Crippen molar-refractivity contribution in [2.45, 2.75) is 0 Å². The van der Waals surface area contributed by atoms with Crippen molar-refractivity contribution in [2.24, 2.45) is 0 Å². The molecule has 1 aromatic carbocycles. The number of urea groups is 1. The van der Waals surface area contributed by atoms with Gasteiger partial charge in [0.2, 0.25) is 0 Å². The number of halogens is 1. The number of anilines is 2. The smallest absolute Gasteiger partial charge is 0.322 e. The molecule has 1 N–H and O–H groups in total. The standard InChI is InChI=1S/C20H22ClN7O3/c1-30-16-13-17(31-2)15(12-14(16)21)23-20(29)27-10-8-26(9-11-27)18-4-5-19(25-24-18)28-7-3-6-22-28/h3-7,12-13H,8-11H2,1-2H3,(H,23,29). The zero-order chi connectivity index (χ0) is 21.8. The highest BCUT2D eigenvalue weighted by molar-refractivity contribution is 6.32. The first-order chi connectivity index (χ1) is 15.1. The fourth-order valence-electron chi connectivity index (χ4n) is 3.30. The van der Waals surface area contributed by atoms with Gasteiger partial charge in [0.05, 0.1) is 24.9 Å². The van der Waals surface area contributed by atoms with E-state index in [-0.39, 0.29) is 6.03 Å². The number of methoxy groups -OCH3 is 2. The number of hydrogen-bond acceptors (Lipinski definition) is 7. The number of carbonyl (C=O) groups is 1. The second-order valence-corrected chi connectivity index (χ2v) is 7.20. The van der Waals surface area contributed by atoms with Crippen molar-refractivity contribution in [3.05, 3.63) is 47.7 Å². The Hall–Kier alpha value is -3.53. The number of benzene rings is 1. The second-order valence-electron chi connectivity index (χ2n) is 6.79. The molecule has 1 aliphatic heterocycles. The molecular formula is C20H22ClN7O3. The minimum Gasteiger partial charge on any atom is -0.495 e. The van der Waals surface area contributed by atoms with Crippen LogP contribution in [-0.2, 0) is 0 Å². The van der Waals surface area contributed by atoms with Crippen molar-refractivity contribution in [2.75, 3.05) is 50.6 Å². The molecule has 1 aliphatic rings. The third kappa shape index (κ3) is 4.48. The molecule has 0 unspecified atom stereocenters. The van der Waals surface area contributed by atoms with E-state index in [0.717, 1.165) is 5.82 Å². The Morgan fingerprint density at radius 1 is 1.03 bits per heavy atom. The van der Waals surface area contributed by atoms with E-state index in [1.54, 1.807) is 27.9 Å². The maximum atomic E-state index is 12.7. The zero-order valence-electron chi connectivity index (χ0n) is 17.2. The van der Waals surface area contributed by atoms with Gasteiger partial charge in [0.25, 0.3) is 0 Å². The molecule has 162 valence electrons. The van der Waals surface area contributed by atoms with Gasteiger partial charge in [-0.2, -0.15) is 5.10 Å². The second kappa shape index (κ2) is 9.09. The molecule has 2 amide bonds. The van der Waals surface area contributed by atoms with Crippen LogP contribution in [0.2, 0.25) is 5.02 Å². The summed E-state index contributed by atoms with van der Waals surface area (Å²) in [5.41, 5.74) is 0.487. The fraction of sp³-hybridized carbons (Fsp3) is 0.300. The lowest BCUT2D eigenvalue weighted by atomic mass is 10.2. The van der Waals surface area contributed by atoms with E-state index < -0.39 is 0 Å². The van der Waals surface area contributed by atoms with Gasteiger partial charge >= 0.3 is 6.03 Å². The SMILES string of the molecule is COc1cc(OC)c(NC(=O)N2CCN(c3ccc(-n4cccn4)nn3)CC2)cc1Cl. The van der Waals surface area contributed by atoms with Crippen molar-refractivity contribution >= 4 is 29.1 Å². The molecule has 10 nitrogen and oxygen atoms in total. The maximum absolute atomic E-state index is 12.7. The highest BCUT2D eigenvalue weighted by atomic mass is 35.5. The van der Waals surface area contributed by atoms with Crippen molar-refractivity contribution < 1.29 is 14.3 Å². The lowest BCUT2D eigenvalue weighted by molar-refractivity contribution is 0.208. The van der Waals surface area contributed by atoms with Crippen LogP contribution < -0.4 is 19.7 Å². The Bertz CT molecular complexity index is 1040. The molecule has 0 bridgehead atoms. The predicted molar refractivity (Wildman–Crippen MR) is 117 cm³/mol. The van der Waals surface area contributed by atoms with Crippen LogP contribution in [0, 0.1) is 0 Å². The number of hydrogen-bond donors (Lipinski definition) is 1. The Morgan fingerprint density at radius 3 is 2.35 bits per heavy atom. The summed E-state index contributed by atoms with van der Waals surface area (Å²) in [7, 11) is 3.05. The van der Waals surface area contributed by atoms with E-state index in [2.05, 4.69) is 25.5 Å². The molecule has 3 aromatic rings. The van der Waals surface area contributed by atoms with E-state index in [0.29, 0.717) is 54.2 Å². The van der Waals surface area contributed by atoms with Gasteiger partial charge in [0, 0.05) is 44.6 Å².